The van der Waals surface area contributed by atoms with E-state index in [0.29, 0.717) is 18.0 Å². The Morgan fingerprint density at radius 1 is 1.43 bits per heavy atom. The predicted octanol–water partition coefficient (Wildman–Crippen LogP) is 0.838. The number of amides is 1. The third kappa shape index (κ3) is 5.41. The topological polar surface area (TPSA) is 167 Å². The summed E-state index contributed by atoms with van der Waals surface area (Å²) in [4.78, 5) is 18.5. The SMILES string of the molecule is CCCCN(C(=N)N1C(N)=C(C(N)=O)N=C(Cl)C1N)c1ccc(OCC(C)O)cc1. The number of carbonyl (C=O) groups excluding carboxylic acids is 1. The molecule has 8 N–H and O–H groups in total. The van der Waals surface area contributed by atoms with Gasteiger partial charge in [0.2, 0.25) is 5.96 Å². The van der Waals surface area contributed by atoms with Crippen molar-refractivity contribution >= 4 is 34.3 Å². The van der Waals surface area contributed by atoms with E-state index in [1.807, 2.05) is 6.92 Å². The molecule has 2 rings (SSSR count). The number of aliphatic imine (C=N–C) groups is 1. The monoisotopic (exact) mass is 437 g/mol. The first-order chi connectivity index (χ1) is 14.2. The Balaban J connectivity index is 2.35. The van der Waals surface area contributed by atoms with Gasteiger partial charge < -0.3 is 31.9 Å². The second kappa shape index (κ2) is 10.3. The molecule has 0 fully saturated rings. The fraction of sp³-hybridized carbons (Fsp3) is 0.421. The van der Waals surface area contributed by atoms with E-state index in [1.54, 1.807) is 36.1 Å². The molecular formula is C19H28ClN7O3. The van der Waals surface area contributed by atoms with Crippen molar-refractivity contribution in [3.63, 3.8) is 0 Å². The molecule has 1 aliphatic heterocycles. The van der Waals surface area contributed by atoms with Crippen LogP contribution in [0.2, 0.25) is 0 Å². The van der Waals surface area contributed by atoms with Crippen LogP contribution in [-0.4, -0.2) is 52.5 Å². The van der Waals surface area contributed by atoms with Gasteiger partial charge in [0.25, 0.3) is 5.91 Å². The lowest BCUT2D eigenvalue weighted by Gasteiger charge is -2.38. The van der Waals surface area contributed by atoms with E-state index < -0.39 is 18.2 Å². The molecule has 11 heteroatoms. The largest absolute Gasteiger partial charge is 0.491 e. The number of nitrogens with two attached hydrogens (primary N) is 3. The Morgan fingerprint density at radius 2 is 2.07 bits per heavy atom. The van der Waals surface area contributed by atoms with Crippen LogP contribution >= 0.6 is 11.6 Å². The van der Waals surface area contributed by atoms with Gasteiger partial charge in [0.05, 0.1) is 6.10 Å². The zero-order valence-corrected chi connectivity index (χ0v) is 17.8. The van der Waals surface area contributed by atoms with Crippen LogP contribution in [0.5, 0.6) is 5.75 Å². The van der Waals surface area contributed by atoms with Crippen molar-refractivity contribution in [1.82, 2.24) is 4.90 Å². The van der Waals surface area contributed by atoms with Gasteiger partial charge in [-0.3, -0.25) is 15.1 Å². The molecule has 0 aromatic heterocycles. The normalized spacial score (nSPS) is 17.4. The number of unbranched alkanes of at least 4 members (excludes halogenated alkanes) is 1. The van der Waals surface area contributed by atoms with Crippen LogP contribution in [0.4, 0.5) is 5.69 Å². The lowest BCUT2D eigenvalue weighted by Crippen LogP contribution is -2.57. The number of nitrogens with zero attached hydrogens (tertiary/aromatic N) is 3. The van der Waals surface area contributed by atoms with E-state index >= 15 is 0 Å². The second-order valence-corrected chi connectivity index (χ2v) is 7.22. The van der Waals surface area contributed by atoms with Gasteiger partial charge in [0, 0.05) is 12.2 Å². The average Bonchev–Trinajstić information content (AvgIpc) is 2.70. The average molecular weight is 438 g/mol. The Bertz CT molecular complexity index is 839. The van der Waals surface area contributed by atoms with E-state index in [2.05, 4.69) is 4.99 Å². The smallest absolute Gasteiger partial charge is 0.271 e. The van der Waals surface area contributed by atoms with Crippen molar-refractivity contribution < 1.29 is 14.6 Å². The number of rotatable bonds is 8. The Kier molecular flexibility index (Phi) is 8.04. The maximum absolute atomic E-state index is 11.7. The summed E-state index contributed by atoms with van der Waals surface area (Å²) < 4.78 is 5.48. The van der Waals surface area contributed by atoms with Crippen LogP contribution in [-0.2, 0) is 4.79 Å². The first-order valence-electron chi connectivity index (χ1n) is 9.52. The maximum atomic E-state index is 11.7. The third-order valence-electron chi connectivity index (χ3n) is 4.34. The van der Waals surface area contributed by atoms with Crippen molar-refractivity contribution in [2.24, 2.45) is 22.2 Å². The highest BCUT2D eigenvalue weighted by Gasteiger charge is 2.34. The van der Waals surface area contributed by atoms with E-state index in [-0.39, 0.29) is 29.3 Å². The van der Waals surface area contributed by atoms with Crippen molar-refractivity contribution in [2.45, 2.75) is 39.0 Å². The summed E-state index contributed by atoms with van der Waals surface area (Å²) in [7, 11) is 0. The molecule has 10 nitrogen and oxygen atoms in total. The van der Waals surface area contributed by atoms with Crippen LogP contribution in [0.3, 0.4) is 0 Å². The van der Waals surface area contributed by atoms with Crippen molar-refractivity contribution in [3.8, 4) is 5.75 Å². The number of guanidine groups is 1. The van der Waals surface area contributed by atoms with Crippen LogP contribution in [0.15, 0.2) is 40.8 Å². The summed E-state index contributed by atoms with van der Waals surface area (Å²) in [6, 6.07) is 7.04. The number of anilines is 1. The standard InChI is InChI=1S/C19H28ClN7O3/c1-3-4-9-26(12-5-7-13(8-6-12)30-10-11(2)28)19(24)27-16(21)14(18(23)29)25-15(20)17(27)22/h5-8,11,17,24,28H,3-4,9-10,21-22H2,1-2H3,(H2,23,29). The molecule has 30 heavy (non-hydrogen) atoms. The van der Waals surface area contributed by atoms with E-state index in [9.17, 15) is 9.90 Å². The van der Waals surface area contributed by atoms with Gasteiger partial charge in [-0.15, -0.1) is 0 Å². The molecule has 1 heterocycles. The molecule has 0 aliphatic carbocycles. The van der Waals surface area contributed by atoms with Crippen LogP contribution < -0.4 is 26.8 Å². The molecule has 1 aromatic rings. The number of ether oxygens (including phenoxy) is 1. The summed E-state index contributed by atoms with van der Waals surface area (Å²) in [5.74, 6) is -0.488. The first kappa shape index (κ1) is 23.5. The van der Waals surface area contributed by atoms with Gasteiger partial charge >= 0.3 is 0 Å². The summed E-state index contributed by atoms with van der Waals surface area (Å²) >= 11 is 6.08. The van der Waals surface area contributed by atoms with Crippen molar-refractivity contribution in [2.75, 3.05) is 18.1 Å². The number of primary amides is 1. The summed E-state index contributed by atoms with van der Waals surface area (Å²) in [6.45, 7) is 4.34. The zero-order valence-electron chi connectivity index (χ0n) is 17.0. The number of hydrogen-bond acceptors (Lipinski definition) is 7. The molecular weight excluding hydrogens is 410 g/mol. The Hall–Kier alpha value is -2.82. The second-order valence-electron chi connectivity index (χ2n) is 6.83. The van der Waals surface area contributed by atoms with Crippen LogP contribution in [0.1, 0.15) is 26.7 Å². The Labute approximate surface area is 180 Å². The molecule has 1 aliphatic rings. The highest BCUT2D eigenvalue weighted by atomic mass is 35.5. The molecule has 2 unspecified atom stereocenters. The first-order valence-corrected chi connectivity index (χ1v) is 9.90. The number of aliphatic hydroxyl groups is 1. The minimum Gasteiger partial charge on any atom is -0.491 e. The number of nitrogens with one attached hydrogen (secondary N) is 1. The highest BCUT2D eigenvalue weighted by molar-refractivity contribution is 6.67. The molecule has 2 atom stereocenters. The van der Waals surface area contributed by atoms with Gasteiger partial charge in [-0.25, -0.2) is 4.99 Å². The number of halogens is 1. The molecule has 1 amide bonds. The molecule has 0 radical (unpaired) electrons. The number of hydrogen-bond donors (Lipinski definition) is 5. The molecule has 1 aromatic carbocycles. The lowest BCUT2D eigenvalue weighted by molar-refractivity contribution is -0.114. The van der Waals surface area contributed by atoms with Crippen LogP contribution in [0.25, 0.3) is 0 Å². The van der Waals surface area contributed by atoms with E-state index in [0.717, 1.165) is 12.8 Å². The van der Waals surface area contributed by atoms with Crippen molar-refractivity contribution in [3.05, 3.63) is 35.8 Å². The lowest BCUT2D eigenvalue weighted by atomic mass is 10.2. The molecule has 164 valence electrons. The van der Waals surface area contributed by atoms with Crippen molar-refractivity contribution in [1.29, 1.82) is 5.41 Å². The maximum Gasteiger partial charge on any atom is 0.271 e. The summed E-state index contributed by atoms with van der Waals surface area (Å²) in [6.07, 6.45) is 0.0749. The predicted molar refractivity (Wildman–Crippen MR) is 117 cm³/mol. The number of benzene rings is 1. The van der Waals surface area contributed by atoms with Gasteiger partial charge in [-0.1, -0.05) is 24.9 Å². The fourth-order valence-corrected chi connectivity index (χ4v) is 2.95. The van der Waals surface area contributed by atoms with Gasteiger partial charge in [-0.05, 0) is 37.6 Å². The number of aliphatic hydroxyl groups excluding tert-OH is 1. The quantitative estimate of drug-likeness (QED) is 0.296. The van der Waals surface area contributed by atoms with Crippen LogP contribution in [0, 0.1) is 5.41 Å². The Morgan fingerprint density at radius 3 is 2.60 bits per heavy atom. The number of carbonyl (C=O) groups is 1. The fourth-order valence-electron chi connectivity index (χ4n) is 2.77. The highest BCUT2D eigenvalue weighted by Crippen LogP contribution is 2.25. The van der Waals surface area contributed by atoms with E-state index in [1.165, 1.54) is 4.90 Å². The van der Waals surface area contributed by atoms with Gasteiger partial charge in [0.1, 0.15) is 29.5 Å². The third-order valence-corrected chi connectivity index (χ3v) is 4.64. The molecule has 0 spiro atoms. The zero-order chi connectivity index (χ0) is 22.4. The molecule has 0 saturated heterocycles. The van der Waals surface area contributed by atoms with Gasteiger partial charge in [0.15, 0.2) is 5.70 Å². The summed E-state index contributed by atoms with van der Waals surface area (Å²) in [5, 5.41) is 18.0. The minimum absolute atomic E-state index is 0.0714. The van der Waals surface area contributed by atoms with E-state index in [4.69, 9.17) is 38.9 Å². The minimum atomic E-state index is -1.03. The van der Waals surface area contributed by atoms with Gasteiger partial charge in [-0.2, -0.15) is 0 Å². The summed E-state index contributed by atoms with van der Waals surface area (Å²) in [5.41, 5.74) is 17.9. The molecule has 0 saturated carbocycles. The molecule has 0 bridgehead atoms.